The first-order valence-corrected chi connectivity index (χ1v) is 9.12. The molecule has 0 radical (unpaired) electrons. The molecule has 1 aromatic heterocycles. The number of hydrogen-bond donors (Lipinski definition) is 2. The van der Waals surface area contributed by atoms with Gasteiger partial charge in [0.25, 0.3) is 0 Å². The summed E-state index contributed by atoms with van der Waals surface area (Å²) in [5.41, 5.74) is 1.78. The van der Waals surface area contributed by atoms with Gasteiger partial charge >= 0.3 is 12.1 Å². The molecule has 1 aliphatic rings. The maximum atomic E-state index is 12.8. The number of alkyl halides is 3. The lowest BCUT2D eigenvalue weighted by Crippen LogP contribution is -2.49. The standard InChI is InChI=1S/C17H24N4O.C2HF3O2/c1-17(9-6-10-18-12-17)16(22)20(2)11-15-19-13-7-4-5-8-14(13)21(15)3;3-2(4,5)1(6)7/h4-5,7-8,18H,6,9-12H2,1-3H3;(H,6,7). The SMILES string of the molecule is CN(Cc1nc2ccccc2n1C)C(=O)C1(C)CCCNC1.O=C(O)C(F)(F)F. The van der Waals surface area contributed by atoms with Gasteiger partial charge in [0.05, 0.1) is 23.0 Å². The van der Waals surface area contributed by atoms with Crippen LogP contribution in [0.2, 0.25) is 0 Å². The number of hydrogen-bond acceptors (Lipinski definition) is 4. The Labute approximate surface area is 166 Å². The van der Waals surface area contributed by atoms with Gasteiger partial charge in [0.15, 0.2) is 0 Å². The third-order valence-corrected chi connectivity index (χ3v) is 4.96. The third-order valence-electron chi connectivity index (χ3n) is 4.96. The van der Waals surface area contributed by atoms with Gasteiger partial charge in [-0.05, 0) is 38.4 Å². The Morgan fingerprint density at radius 2 is 1.97 bits per heavy atom. The van der Waals surface area contributed by atoms with Crippen molar-refractivity contribution in [2.45, 2.75) is 32.5 Å². The Balaban J connectivity index is 0.000000370. The van der Waals surface area contributed by atoms with Crippen LogP contribution in [0.3, 0.4) is 0 Å². The molecular formula is C19H25F3N4O3. The smallest absolute Gasteiger partial charge is 0.475 e. The maximum Gasteiger partial charge on any atom is 0.490 e. The van der Waals surface area contributed by atoms with Crippen molar-refractivity contribution >= 4 is 22.9 Å². The van der Waals surface area contributed by atoms with Gasteiger partial charge < -0.3 is 19.9 Å². The number of amides is 1. The predicted molar refractivity (Wildman–Crippen MR) is 101 cm³/mol. The molecule has 29 heavy (non-hydrogen) atoms. The van der Waals surface area contributed by atoms with Gasteiger partial charge in [0.1, 0.15) is 5.82 Å². The molecule has 2 aromatic rings. The zero-order chi connectivity index (χ0) is 21.8. The van der Waals surface area contributed by atoms with Crippen molar-refractivity contribution in [3.8, 4) is 0 Å². The molecule has 1 atom stereocenters. The van der Waals surface area contributed by atoms with E-state index in [1.807, 2.05) is 37.2 Å². The first-order valence-electron chi connectivity index (χ1n) is 9.12. The number of aryl methyl sites for hydroxylation is 1. The number of rotatable bonds is 3. The number of halogens is 3. The molecule has 1 fully saturated rings. The van der Waals surface area contributed by atoms with Crippen LogP contribution < -0.4 is 5.32 Å². The first-order chi connectivity index (χ1) is 13.5. The summed E-state index contributed by atoms with van der Waals surface area (Å²) in [5, 5.41) is 10.5. The molecule has 1 saturated heterocycles. The summed E-state index contributed by atoms with van der Waals surface area (Å²) in [6.45, 7) is 4.38. The number of fused-ring (bicyclic) bond motifs is 1. The van der Waals surface area contributed by atoms with Crippen molar-refractivity contribution < 1.29 is 27.9 Å². The molecule has 1 aliphatic heterocycles. The molecule has 2 N–H and O–H groups in total. The number of piperidine rings is 1. The van der Waals surface area contributed by atoms with Gasteiger partial charge in [0, 0.05) is 20.6 Å². The van der Waals surface area contributed by atoms with Crippen LogP contribution in [0.1, 0.15) is 25.6 Å². The van der Waals surface area contributed by atoms with Crippen molar-refractivity contribution in [3.63, 3.8) is 0 Å². The number of imidazole rings is 1. The number of benzene rings is 1. The number of aromatic nitrogens is 2. The zero-order valence-electron chi connectivity index (χ0n) is 16.6. The molecule has 3 rings (SSSR count). The van der Waals surface area contributed by atoms with Gasteiger partial charge in [-0.3, -0.25) is 4.79 Å². The summed E-state index contributed by atoms with van der Waals surface area (Å²) in [4.78, 5) is 28.2. The van der Waals surface area contributed by atoms with Crippen LogP contribution in [0, 0.1) is 5.41 Å². The fourth-order valence-corrected chi connectivity index (χ4v) is 3.32. The second-order valence-corrected chi connectivity index (χ2v) is 7.38. The second kappa shape index (κ2) is 8.81. The average Bonchev–Trinajstić information content (AvgIpc) is 2.97. The molecule has 7 nitrogen and oxygen atoms in total. The van der Waals surface area contributed by atoms with Crippen molar-refractivity contribution in [2.75, 3.05) is 20.1 Å². The van der Waals surface area contributed by atoms with Crippen LogP contribution in [0.5, 0.6) is 0 Å². The maximum absolute atomic E-state index is 12.8. The number of carbonyl (C=O) groups is 2. The molecule has 2 heterocycles. The van der Waals surface area contributed by atoms with E-state index in [0.717, 1.165) is 42.8 Å². The van der Waals surface area contributed by atoms with E-state index in [1.165, 1.54) is 0 Å². The van der Waals surface area contributed by atoms with Crippen molar-refractivity contribution in [2.24, 2.45) is 12.5 Å². The Bertz CT molecular complexity index is 873. The summed E-state index contributed by atoms with van der Waals surface area (Å²) < 4.78 is 33.8. The van der Waals surface area contributed by atoms with Crippen molar-refractivity contribution in [1.29, 1.82) is 0 Å². The number of nitrogens with zero attached hydrogens (tertiary/aromatic N) is 3. The predicted octanol–water partition coefficient (Wildman–Crippen LogP) is 2.55. The minimum Gasteiger partial charge on any atom is -0.475 e. The molecule has 0 saturated carbocycles. The first kappa shape index (κ1) is 22.7. The number of carboxylic acids is 1. The van der Waals surface area contributed by atoms with E-state index in [2.05, 4.69) is 27.9 Å². The van der Waals surface area contributed by atoms with Gasteiger partial charge in [0.2, 0.25) is 5.91 Å². The highest BCUT2D eigenvalue weighted by Crippen LogP contribution is 2.28. The van der Waals surface area contributed by atoms with Crippen molar-refractivity contribution in [1.82, 2.24) is 19.8 Å². The highest BCUT2D eigenvalue weighted by atomic mass is 19.4. The Hall–Kier alpha value is -2.62. The second-order valence-electron chi connectivity index (χ2n) is 7.38. The number of carbonyl (C=O) groups excluding carboxylic acids is 1. The summed E-state index contributed by atoms with van der Waals surface area (Å²) in [7, 11) is 3.88. The van der Waals surface area contributed by atoms with Gasteiger partial charge in [-0.15, -0.1) is 0 Å². The highest BCUT2D eigenvalue weighted by molar-refractivity contribution is 5.82. The average molecular weight is 414 g/mol. The minimum absolute atomic E-state index is 0.201. The normalized spacial score (nSPS) is 19.4. The number of nitrogens with one attached hydrogen (secondary N) is 1. The molecule has 0 bridgehead atoms. The molecule has 1 unspecified atom stereocenters. The highest BCUT2D eigenvalue weighted by Gasteiger charge is 2.38. The summed E-state index contributed by atoms with van der Waals surface area (Å²) in [6, 6.07) is 8.06. The van der Waals surface area contributed by atoms with Crippen molar-refractivity contribution in [3.05, 3.63) is 30.1 Å². The van der Waals surface area contributed by atoms with E-state index in [4.69, 9.17) is 9.90 Å². The van der Waals surface area contributed by atoms with E-state index < -0.39 is 12.1 Å². The largest absolute Gasteiger partial charge is 0.490 e. The van der Waals surface area contributed by atoms with Gasteiger partial charge in [-0.1, -0.05) is 12.1 Å². The fourth-order valence-electron chi connectivity index (χ4n) is 3.32. The quantitative estimate of drug-likeness (QED) is 0.806. The molecule has 1 amide bonds. The number of aliphatic carboxylic acids is 1. The zero-order valence-corrected chi connectivity index (χ0v) is 16.6. The lowest BCUT2D eigenvalue weighted by molar-refractivity contribution is -0.192. The van der Waals surface area contributed by atoms with Crippen LogP contribution in [-0.4, -0.2) is 57.7 Å². The van der Waals surface area contributed by atoms with E-state index in [-0.39, 0.29) is 11.3 Å². The molecule has 160 valence electrons. The lowest BCUT2D eigenvalue weighted by Gasteiger charge is -2.35. The van der Waals surface area contributed by atoms with E-state index in [0.29, 0.717) is 6.54 Å². The van der Waals surface area contributed by atoms with E-state index in [1.54, 1.807) is 0 Å². The Kier molecular flexibility index (Phi) is 6.89. The van der Waals surface area contributed by atoms with Gasteiger partial charge in [-0.2, -0.15) is 13.2 Å². The Morgan fingerprint density at radius 3 is 2.48 bits per heavy atom. The van der Waals surface area contributed by atoms with Crippen LogP contribution in [0.4, 0.5) is 13.2 Å². The lowest BCUT2D eigenvalue weighted by atomic mass is 9.81. The molecule has 1 aromatic carbocycles. The summed E-state index contributed by atoms with van der Waals surface area (Å²) in [5.74, 6) is -1.64. The number of carboxylic acid groups (broad SMARTS) is 1. The van der Waals surface area contributed by atoms with Crippen LogP contribution in [-0.2, 0) is 23.2 Å². The monoisotopic (exact) mass is 414 g/mol. The third kappa shape index (κ3) is 5.47. The Morgan fingerprint density at radius 1 is 1.34 bits per heavy atom. The molecular weight excluding hydrogens is 389 g/mol. The molecule has 0 aliphatic carbocycles. The topological polar surface area (TPSA) is 87.5 Å². The summed E-state index contributed by atoms with van der Waals surface area (Å²) >= 11 is 0. The summed E-state index contributed by atoms with van der Waals surface area (Å²) in [6.07, 6.45) is -3.08. The van der Waals surface area contributed by atoms with Crippen LogP contribution in [0.15, 0.2) is 24.3 Å². The molecule has 0 spiro atoms. The molecule has 10 heteroatoms. The minimum atomic E-state index is -5.08. The van der Waals surface area contributed by atoms with E-state index >= 15 is 0 Å². The fraction of sp³-hybridized carbons (Fsp3) is 0.526. The number of para-hydroxylation sites is 2. The van der Waals surface area contributed by atoms with E-state index in [9.17, 15) is 18.0 Å². The van der Waals surface area contributed by atoms with Gasteiger partial charge in [-0.25, -0.2) is 9.78 Å². The van der Waals surface area contributed by atoms with Crippen LogP contribution >= 0.6 is 0 Å². The van der Waals surface area contributed by atoms with Crippen LogP contribution in [0.25, 0.3) is 11.0 Å².